The van der Waals surface area contributed by atoms with E-state index in [1.54, 1.807) is 25.3 Å². The van der Waals surface area contributed by atoms with Gasteiger partial charge in [0, 0.05) is 12.1 Å². The number of halogens is 1. The first-order valence-corrected chi connectivity index (χ1v) is 9.97. The van der Waals surface area contributed by atoms with E-state index in [-0.39, 0.29) is 29.9 Å². The van der Waals surface area contributed by atoms with E-state index in [0.29, 0.717) is 37.1 Å². The Hall–Kier alpha value is -2.88. The van der Waals surface area contributed by atoms with Gasteiger partial charge < -0.3 is 19.8 Å². The van der Waals surface area contributed by atoms with Crippen molar-refractivity contribution in [2.24, 2.45) is 4.99 Å². The average molecular weight is 534 g/mol. The largest absolute Gasteiger partial charge is 0.462 e. The molecular weight excluding hydrogens is 507 g/mol. The van der Waals surface area contributed by atoms with Gasteiger partial charge in [-0.25, -0.2) is 14.8 Å². The third-order valence-corrected chi connectivity index (χ3v) is 4.24. The molecule has 0 spiro atoms. The first-order chi connectivity index (χ1) is 14.7. The van der Waals surface area contributed by atoms with Crippen LogP contribution in [0.25, 0.3) is 11.5 Å². The average Bonchev–Trinajstić information content (AvgIpc) is 3.26. The number of benzene rings is 2. The highest BCUT2D eigenvalue weighted by Crippen LogP contribution is 2.17. The van der Waals surface area contributed by atoms with E-state index in [9.17, 15) is 4.79 Å². The van der Waals surface area contributed by atoms with Gasteiger partial charge in [-0.2, -0.15) is 0 Å². The maximum Gasteiger partial charge on any atom is 0.338 e. The zero-order valence-electron chi connectivity index (χ0n) is 17.6. The number of nitrogens with one attached hydrogen (secondary N) is 2. The molecule has 0 aliphatic heterocycles. The first kappa shape index (κ1) is 24.4. The molecule has 3 rings (SSSR count). The van der Waals surface area contributed by atoms with Crippen LogP contribution >= 0.6 is 24.0 Å². The summed E-state index contributed by atoms with van der Waals surface area (Å²) in [5.74, 6) is 0.956. The molecule has 0 fully saturated rings. The number of carbonyl (C=O) groups excluding carboxylic acids is 1. The zero-order valence-corrected chi connectivity index (χ0v) is 20.0. The number of carbonyl (C=O) groups is 1. The summed E-state index contributed by atoms with van der Waals surface area (Å²) in [5.41, 5.74) is 3.26. The van der Waals surface area contributed by atoms with Gasteiger partial charge in [0.05, 0.1) is 31.0 Å². The molecule has 0 bridgehead atoms. The number of guanidine groups is 1. The van der Waals surface area contributed by atoms with Gasteiger partial charge in [-0.3, -0.25) is 0 Å². The van der Waals surface area contributed by atoms with E-state index in [4.69, 9.17) is 9.15 Å². The third kappa shape index (κ3) is 7.39. The van der Waals surface area contributed by atoms with Crippen LogP contribution in [0.5, 0.6) is 0 Å². The van der Waals surface area contributed by atoms with Crippen molar-refractivity contribution in [3.63, 3.8) is 0 Å². The van der Waals surface area contributed by atoms with Crippen molar-refractivity contribution >= 4 is 35.9 Å². The molecule has 31 heavy (non-hydrogen) atoms. The molecule has 3 aromatic rings. The molecule has 2 N–H and O–H groups in total. The quantitative estimate of drug-likeness (QED) is 0.193. The number of aromatic nitrogens is 1. The molecule has 0 radical (unpaired) electrons. The van der Waals surface area contributed by atoms with Crippen molar-refractivity contribution in [2.75, 3.05) is 13.2 Å². The lowest BCUT2D eigenvalue weighted by atomic mass is 10.1. The summed E-state index contributed by atoms with van der Waals surface area (Å²) in [4.78, 5) is 20.8. The van der Waals surface area contributed by atoms with Gasteiger partial charge in [0.1, 0.15) is 6.26 Å². The standard InChI is InChI=1S/C23H26N4O3.HI/c1-3-24-23(25-14-17-10-12-19(13-11-17)22(28)29-4-2)26-15-20-16-30-21(27-20)18-8-6-5-7-9-18;/h5-13,16H,3-4,14-15H2,1-2H3,(H2,24,25,26);1H. The van der Waals surface area contributed by atoms with E-state index in [1.807, 2.05) is 49.4 Å². The number of esters is 1. The Bertz CT molecular complexity index is 972. The molecule has 8 heteroatoms. The van der Waals surface area contributed by atoms with Crippen molar-refractivity contribution in [3.05, 3.63) is 77.7 Å². The Morgan fingerprint density at radius 1 is 1.06 bits per heavy atom. The fourth-order valence-electron chi connectivity index (χ4n) is 2.75. The lowest BCUT2D eigenvalue weighted by Crippen LogP contribution is -2.36. The van der Waals surface area contributed by atoms with Crippen molar-refractivity contribution < 1.29 is 13.9 Å². The van der Waals surface area contributed by atoms with E-state index in [1.165, 1.54) is 0 Å². The van der Waals surface area contributed by atoms with Crippen molar-refractivity contribution in [2.45, 2.75) is 26.9 Å². The molecule has 0 aliphatic carbocycles. The number of hydrogen-bond acceptors (Lipinski definition) is 5. The Morgan fingerprint density at radius 3 is 2.48 bits per heavy atom. The van der Waals surface area contributed by atoms with Crippen LogP contribution in [0.3, 0.4) is 0 Å². The fraction of sp³-hybridized carbons (Fsp3) is 0.261. The Balaban J connectivity index is 0.00000341. The molecule has 0 unspecified atom stereocenters. The molecule has 0 saturated carbocycles. The highest BCUT2D eigenvalue weighted by Gasteiger charge is 2.08. The monoisotopic (exact) mass is 534 g/mol. The Labute approximate surface area is 199 Å². The number of hydrogen-bond donors (Lipinski definition) is 2. The highest BCUT2D eigenvalue weighted by molar-refractivity contribution is 14.0. The SMILES string of the molecule is CCNC(=NCc1ccc(C(=O)OCC)cc1)NCc1coc(-c2ccccc2)n1.I. The zero-order chi connectivity index (χ0) is 21.2. The van der Waals surface area contributed by atoms with Crippen LogP contribution in [0, 0.1) is 0 Å². The van der Waals surface area contributed by atoms with Crippen LogP contribution in [0.1, 0.15) is 35.5 Å². The van der Waals surface area contributed by atoms with Crippen molar-refractivity contribution in [1.29, 1.82) is 0 Å². The van der Waals surface area contributed by atoms with E-state index in [0.717, 1.165) is 23.4 Å². The minimum Gasteiger partial charge on any atom is -0.462 e. The van der Waals surface area contributed by atoms with Gasteiger partial charge in [-0.15, -0.1) is 24.0 Å². The third-order valence-electron chi connectivity index (χ3n) is 4.24. The van der Waals surface area contributed by atoms with Gasteiger partial charge in [0.2, 0.25) is 5.89 Å². The number of rotatable bonds is 8. The summed E-state index contributed by atoms with van der Waals surface area (Å²) in [5, 5.41) is 6.47. The minimum absolute atomic E-state index is 0. The molecule has 2 aromatic carbocycles. The van der Waals surface area contributed by atoms with Crippen molar-refractivity contribution in [1.82, 2.24) is 15.6 Å². The topological polar surface area (TPSA) is 88.8 Å². The van der Waals surface area contributed by atoms with Crippen LogP contribution in [-0.4, -0.2) is 30.1 Å². The summed E-state index contributed by atoms with van der Waals surface area (Å²) < 4.78 is 10.6. The number of nitrogens with zero attached hydrogens (tertiary/aromatic N) is 2. The molecule has 0 atom stereocenters. The van der Waals surface area contributed by atoms with Crippen LogP contribution in [0.4, 0.5) is 0 Å². The second-order valence-corrected chi connectivity index (χ2v) is 6.48. The number of oxazole rings is 1. The van der Waals surface area contributed by atoms with Gasteiger partial charge in [0.25, 0.3) is 0 Å². The summed E-state index contributed by atoms with van der Waals surface area (Å²) in [6.07, 6.45) is 1.65. The van der Waals surface area contributed by atoms with E-state index < -0.39 is 0 Å². The van der Waals surface area contributed by atoms with E-state index in [2.05, 4.69) is 20.6 Å². The lowest BCUT2D eigenvalue weighted by molar-refractivity contribution is 0.0526. The second kappa shape index (κ2) is 12.7. The molecule has 7 nitrogen and oxygen atoms in total. The summed E-state index contributed by atoms with van der Waals surface area (Å²) >= 11 is 0. The molecule has 0 amide bonds. The smallest absolute Gasteiger partial charge is 0.338 e. The molecule has 164 valence electrons. The normalized spacial score (nSPS) is 10.8. The van der Waals surface area contributed by atoms with Crippen LogP contribution in [0.2, 0.25) is 0 Å². The van der Waals surface area contributed by atoms with E-state index >= 15 is 0 Å². The highest BCUT2D eigenvalue weighted by atomic mass is 127. The predicted octanol–water partition coefficient (Wildman–Crippen LogP) is 4.39. The number of aliphatic imine (C=N–C) groups is 1. The van der Waals surface area contributed by atoms with Gasteiger partial charge >= 0.3 is 5.97 Å². The molecule has 0 aliphatic rings. The van der Waals surface area contributed by atoms with Crippen LogP contribution in [0.15, 0.2) is 70.3 Å². The van der Waals surface area contributed by atoms with Crippen molar-refractivity contribution in [3.8, 4) is 11.5 Å². The maximum absolute atomic E-state index is 11.7. The Morgan fingerprint density at radius 2 is 1.81 bits per heavy atom. The lowest BCUT2D eigenvalue weighted by Gasteiger charge is -2.10. The molecular formula is C23H27IN4O3. The van der Waals surface area contributed by atoms with Gasteiger partial charge in [-0.05, 0) is 43.7 Å². The fourth-order valence-corrected chi connectivity index (χ4v) is 2.75. The molecule has 1 heterocycles. The second-order valence-electron chi connectivity index (χ2n) is 6.48. The predicted molar refractivity (Wildman–Crippen MR) is 131 cm³/mol. The number of ether oxygens (including phenoxy) is 1. The molecule has 0 saturated heterocycles. The summed E-state index contributed by atoms with van der Waals surface area (Å²) in [7, 11) is 0. The minimum atomic E-state index is -0.315. The summed E-state index contributed by atoms with van der Waals surface area (Å²) in [6.45, 7) is 5.87. The first-order valence-electron chi connectivity index (χ1n) is 9.97. The molecule has 1 aromatic heterocycles. The van der Waals surface area contributed by atoms with Crippen LogP contribution in [-0.2, 0) is 17.8 Å². The van der Waals surface area contributed by atoms with Gasteiger partial charge in [-0.1, -0.05) is 30.3 Å². The maximum atomic E-state index is 11.7. The van der Waals surface area contributed by atoms with Crippen LogP contribution < -0.4 is 10.6 Å². The Kier molecular flexibility index (Phi) is 10.0. The summed E-state index contributed by atoms with van der Waals surface area (Å²) in [6, 6.07) is 17.0. The van der Waals surface area contributed by atoms with Gasteiger partial charge in [0.15, 0.2) is 5.96 Å².